The third-order valence-corrected chi connectivity index (χ3v) is 7.61. The van der Waals surface area contributed by atoms with Gasteiger partial charge in [-0.25, -0.2) is 4.98 Å². The average Bonchev–Trinajstić information content (AvgIpc) is 3.14. The Morgan fingerprint density at radius 3 is 1.82 bits per heavy atom. The van der Waals surface area contributed by atoms with Crippen LogP contribution < -0.4 is 0 Å². The Balaban J connectivity index is 1.81. The van der Waals surface area contributed by atoms with Gasteiger partial charge in [-0.2, -0.15) is 0 Å². The van der Waals surface area contributed by atoms with Crippen molar-refractivity contribution >= 4 is 21.8 Å². The fourth-order valence-corrected chi connectivity index (χ4v) is 5.14. The predicted octanol–water partition coefficient (Wildman–Crippen LogP) is 9.44. The summed E-state index contributed by atoms with van der Waals surface area (Å²) in [6.45, 7) is 20.1. The minimum absolute atomic E-state index is 0.00447. The molecular formula is C35H40N2O. The molecule has 2 aromatic heterocycles. The molecule has 1 N–H and O–H groups in total. The van der Waals surface area contributed by atoms with Crippen LogP contribution in [0.4, 0.5) is 0 Å². The van der Waals surface area contributed by atoms with E-state index in [1.54, 1.807) is 0 Å². The number of para-hydroxylation sites is 1. The predicted molar refractivity (Wildman–Crippen MR) is 162 cm³/mol. The molecule has 3 nitrogen and oxygen atoms in total. The number of phenolic OH excluding ortho intramolecular Hbond substituents is 1. The summed E-state index contributed by atoms with van der Waals surface area (Å²) in [4.78, 5) is 4.76. The molecule has 2 heterocycles. The number of nitrogens with zero attached hydrogens (tertiary/aromatic N) is 2. The van der Waals surface area contributed by atoms with Gasteiger partial charge in [-0.15, -0.1) is 0 Å². The van der Waals surface area contributed by atoms with E-state index in [1.807, 2.05) is 12.3 Å². The van der Waals surface area contributed by atoms with E-state index in [2.05, 4.69) is 128 Å². The average molecular weight is 505 g/mol. The molecule has 5 aromatic rings. The largest absolute Gasteiger partial charge is 0.507 e. The first-order valence-corrected chi connectivity index (χ1v) is 13.5. The highest BCUT2D eigenvalue weighted by molar-refractivity contribution is 6.11. The van der Waals surface area contributed by atoms with Gasteiger partial charge in [0.15, 0.2) is 0 Å². The van der Waals surface area contributed by atoms with Crippen molar-refractivity contribution in [2.24, 2.45) is 0 Å². The third-order valence-electron chi connectivity index (χ3n) is 7.61. The van der Waals surface area contributed by atoms with Gasteiger partial charge < -0.3 is 5.11 Å². The van der Waals surface area contributed by atoms with Crippen LogP contribution in [0.5, 0.6) is 5.75 Å². The Morgan fingerprint density at radius 1 is 0.605 bits per heavy atom. The first-order valence-electron chi connectivity index (χ1n) is 13.5. The lowest BCUT2D eigenvalue weighted by Gasteiger charge is -2.26. The molecule has 0 bridgehead atoms. The summed E-state index contributed by atoms with van der Waals surface area (Å²) in [6.07, 6.45) is 1.89. The molecule has 0 spiro atoms. The Kier molecular flexibility index (Phi) is 5.98. The van der Waals surface area contributed by atoms with Crippen LogP contribution in [0.15, 0.2) is 72.9 Å². The second-order valence-corrected chi connectivity index (χ2v) is 13.7. The second kappa shape index (κ2) is 8.73. The summed E-state index contributed by atoms with van der Waals surface area (Å²) in [5.74, 6) is 1.14. The maximum atomic E-state index is 11.5. The normalized spacial score (nSPS) is 13.0. The lowest BCUT2D eigenvalue weighted by atomic mass is 9.79. The molecule has 0 unspecified atom stereocenters. The number of fused-ring (bicyclic) bond motifs is 3. The van der Waals surface area contributed by atoms with E-state index in [1.165, 1.54) is 16.7 Å². The van der Waals surface area contributed by atoms with Gasteiger partial charge in [-0.3, -0.25) is 4.57 Å². The van der Waals surface area contributed by atoms with Crippen LogP contribution in [-0.2, 0) is 16.2 Å². The van der Waals surface area contributed by atoms with Crippen LogP contribution >= 0.6 is 0 Å². The van der Waals surface area contributed by atoms with Crippen molar-refractivity contribution in [1.82, 2.24) is 9.55 Å². The SMILES string of the molecule is CC(C)(C)c1cc(-c2cc3c4ccccc4n(-c4cc(C(C)(C)C)ccn4)c3cc2O)cc(C(C)(C)C)c1. The highest BCUT2D eigenvalue weighted by Gasteiger charge is 2.23. The van der Waals surface area contributed by atoms with E-state index in [-0.39, 0.29) is 22.0 Å². The third kappa shape index (κ3) is 4.60. The first-order chi connectivity index (χ1) is 17.6. The van der Waals surface area contributed by atoms with Crippen LogP contribution in [0.2, 0.25) is 0 Å². The molecule has 0 fully saturated rings. The van der Waals surface area contributed by atoms with Crippen LogP contribution in [-0.4, -0.2) is 14.7 Å². The fraction of sp³-hybridized carbons (Fsp3) is 0.343. The summed E-state index contributed by atoms with van der Waals surface area (Å²) in [7, 11) is 0. The Hall–Kier alpha value is -3.59. The van der Waals surface area contributed by atoms with E-state index < -0.39 is 0 Å². The number of rotatable bonds is 2. The lowest BCUT2D eigenvalue weighted by molar-refractivity contribution is 0.478. The molecule has 0 aliphatic carbocycles. The summed E-state index contributed by atoms with van der Waals surface area (Å²) < 4.78 is 2.18. The van der Waals surface area contributed by atoms with Gasteiger partial charge >= 0.3 is 0 Å². The molecule has 5 rings (SSSR count). The number of aromatic hydroxyl groups is 1. The highest BCUT2D eigenvalue weighted by atomic mass is 16.3. The second-order valence-electron chi connectivity index (χ2n) is 13.7. The van der Waals surface area contributed by atoms with Crippen LogP contribution in [0.3, 0.4) is 0 Å². The van der Waals surface area contributed by atoms with E-state index in [0.717, 1.165) is 38.8 Å². The number of hydrogen-bond donors (Lipinski definition) is 1. The zero-order valence-corrected chi connectivity index (χ0v) is 24.3. The van der Waals surface area contributed by atoms with Gasteiger partial charge in [-0.05, 0) is 62.8 Å². The summed E-state index contributed by atoms with van der Waals surface area (Å²) in [6, 6.07) is 23.6. The molecule has 0 atom stereocenters. The minimum Gasteiger partial charge on any atom is -0.507 e. The maximum absolute atomic E-state index is 11.5. The van der Waals surface area contributed by atoms with Gasteiger partial charge in [0.2, 0.25) is 0 Å². The smallest absolute Gasteiger partial charge is 0.137 e. The standard InChI is InChI=1S/C35H40N2O/c1-33(2,3)23-14-15-36-32(19-23)37-29-13-11-10-12-26(29)28-20-27(31(38)21-30(28)37)22-16-24(34(4,5)6)18-25(17-22)35(7,8)9/h10-21,38H,1-9H3. The number of hydrogen-bond acceptors (Lipinski definition) is 2. The summed E-state index contributed by atoms with van der Waals surface area (Å²) in [5, 5.41) is 13.8. The number of phenols is 1. The minimum atomic E-state index is -0.00447. The zero-order chi connectivity index (χ0) is 27.6. The monoisotopic (exact) mass is 504 g/mol. The molecule has 0 aliphatic rings. The molecule has 3 heteroatoms. The lowest BCUT2D eigenvalue weighted by Crippen LogP contribution is -2.16. The summed E-state index contributed by atoms with van der Waals surface area (Å²) >= 11 is 0. The number of aromatic nitrogens is 2. The van der Waals surface area contributed by atoms with Crippen molar-refractivity contribution in [3.8, 4) is 22.7 Å². The molecule has 0 saturated carbocycles. The zero-order valence-electron chi connectivity index (χ0n) is 24.3. The van der Waals surface area contributed by atoms with Crippen LogP contribution in [0.1, 0.15) is 79.0 Å². The van der Waals surface area contributed by atoms with Crippen molar-refractivity contribution in [3.63, 3.8) is 0 Å². The Labute approximate surface area is 227 Å². The molecule has 0 aliphatic heterocycles. The molecule has 38 heavy (non-hydrogen) atoms. The molecule has 0 radical (unpaired) electrons. The topological polar surface area (TPSA) is 38.0 Å². The van der Waals surface area contributed by atoms with Gasteiger partial charge in [0, 0.05) is 28.6 Å². The van der Waals surface area contributed by atoms with Crippen LogP contribution in [0.25, 0.3) is 38.8 Å². The van der Waals surface area contributed by atoms with Crippen molar-refractivity contribution in [2.45, 2.75) is 78.6 Å². The molecule has 0 saturated heterocycles. The molecular weight excluding hydrogens is 464 g/mol. The van der Waals surface area contributed by atoms with Gasteiger partial charge in [0.25, 0.3) is 0 Å². The van der Waals surface area contributed by atoms with Crippen molar-refractivity contribution in [2.75, 3.05) is 0 Å². The van der Waals surface area contributed by atoms with Gasteiger partial charge in [-0.1, -0.05) is 98.7 Å². The highest BCUT2D eigenvalue weighted by Crippen LogP contribution is 2.42. The van der Waals surface area contributed by atoms with Crippen molar-refractivity contribution in [1.29, 1.82) is 0 Å². The van der Waals surface area contributed by atoms with E-state index >= 15 is 0 Å². The molecule has 196 valence electrons. The van der Waals surface area contributed by atoms with Gasteiger partial charge in [0.1, 0.15) is 11.6 Å². The Morgan fingerprint density at radius 2 is 1.21 bits per heavy atom. The van der Waals surface area contributed by atoms with E-state index in [9.17, 15) is 5.11 Å². The summed E-state index contributed by atoms with van der Waals surface area (Å²) in [5.41, 5.74) is 7.70. The fourth-order valence-electron chi connectivity index (χ4n) is 5.14. The van der Waals surface area contributed by atoms with Gasteiger partial charge in [0.05, 0.1) is 11.0 Å². The Bertz CT molecular complexity index is 1640. The quantitative estimate of drug-likeness (QED) is 0.260. The first kappa shape index (κ1) is 26.0. The number of benzene rings is 3. The maximum Gasteiger partial charge on any atom is 0.137 e. The van der Waals surface area contributed by atoms with Crippen molar-refractivity contribution < 1.29 is 5.11 Å². The number of pyridine rings is 1. The molecule has 3 aromatic carbocycles. The van der Waals surface area contributed by atoms with E-state index in [0.29, 0.717) is 0 Å². The van der Waals surface area contributed by atoms with E-state index in [4.69, 9.17) is 4.98 Å². The van der Waals surface area contributed by atoms with Crippen LogP contribution in [0, 0.1) is 0 Å². The van der Waals surface area contributed by atoms with Crippen molar-refractivity contribution in [3.05, 3.63) is 89.6 Å². The molecule has 0 amide bonds.